The number of benzene rings is 3. The third-order valence-corrected chi connectivity index (χ3v) is 5.47. The Morgan fingerprint density at radius 2 is 1.63 bits per heavy atom. The molecule has 4 rings (SSSR count). The molecule has 0 aliphatic rings. The van der Waals surface area contributed by atoms with E-state index in [1.165, 1.54) is 5.39 Å². The Kier molecular flexibility index (Phi) is 5.19. The average molecular weight is 400 g/mol. The van der Waals surface area contributed by atoms with Gasteiger partial charge in [-0.1, -0.05) is 42.5 Å². The standard InChI is InChI=1S/C25H24N2O3/c1-16-21(25(26)28)14-22(20-10-9-18-6-4-5-7-19(18)13-20)27(16)15-17-8-11-23(29-2)24(12-17)30-3/h4-14H,15H2,1-3H3,(H2,26,28). The second-order valence-electron chi connectivity index (χ2n) is 7.23. The lowest BCUT2D eigenvalue weighted by molar-refractivity contribution is 0.0999. The summed E-state index contributed by atoms with van der Waals surface area (Å²) in [4.78, 5) is 12.0. The van der Waals surface area contributed by atoms with E-state index >= 15 is 0 Å². The molecule has 1 heterocycles. The normalized spacial score (nSPS) is 10.9. The quantitative estimate of drug-likeness (QED) is 0.506. The average Bonchev–Trinajstić information content (AvgIpc) is 3.09. The summed E-state index contributed by atoms with van der Waals surface area (Å²) in [6, 6.07) is 22.2. The minimum absolute atomic E-state index is 0.430. The van der Waals surface area contributed by atoms with Crippen LogP contribution in [0.15, 0.2) is 66.7 Å². The smallest absolute Gasteiger partial charge is 0.250 e. The highest BCUT2D eigenvalue weighted by Gasteiger charge is 2.18. The summed E-state index contributed by atoms with van der Waals surface area (Å²) in [7, 11) is 3.23. The number of fused-ring (bicyclic) bond motifs is 1. The Hall–Kier alpha value is -3.73. The molecule has 0 saturated carbocycles. The summed E-state index contributed by atoms with van der Waals surface area (Å²) in [5.74, 6) is 0.917. The van der Waals surface area contributed by atoms with Gasteiger partial charge in [-0.2, -0.15) is 0 Å². The zero-order chi connectivity index (χ0) is 21.3. The van der Waals surface area contributed by atoms with E-state index in [0.29, 0.717) is 23.6 Å². The van der Waals surface area contributed by atoms with E-state index in [2.05, 4.69) is 34.9 Å². The first-order valence-corrected chi connectivity index (χ1v) is 9.72. The molecule has 0 unspecified atom stereocenters. The Morgan fingerprint density at radius 3 is 2.33 bits per heavy atom. The van der Waals surface area contributed by atoms with E-state index in [9.17, 15) is 4.79 Å². The minimum Gasteiger partial charge on any atom is -0.493 e. The lowest BCUT2D eigenvalue weighted by atomic mass is 10.0. The van der Waals surface area contributed by atoms with Crippen LogP contribution in [0.1, 0.15) is 21.6 Å². The zero-order valence-corrected chi connectivity index (χ0v) is 17.3. The molecule has 0 aliphatic heterocycles. The van der Waals surface area contributed by atoms with E-state index in [0.717, 1.165) is 27.9 Å². The number of amides is 1. The fourth-order valence-electron chi connectivity index (χ4n) is 3.85. The maximum absolute atomic E-state index is 12.0. The maximum atomic E-state index is 12.0. The largest absolute Gasteiger partial charge is 0.493 e. The SMILES string of the molecule is COc1ccc(Cn2c(-c3ccc4ccccc4c3)cc(C(N)=O)c2C)cc1OC. The zero-order valence-electron chi connectivity index (χ0n) is 17.3. The van der Waals surface area contributed by atoms with Gasteiger partial charge in [0, 0.05) is 17.9 Å². The van der Waals surface area contributed by atoms with Crippen LogP contribution in [0, 0.1) is 6.92 Å². The van der Waals surface area contributed by atoms with Gasteiger partial charge < -0.3 is 19.8 Å². The van der Waals surface area contributed by atoms with E-state index in [4.69, 9.17) is 15.2 Å². The molecule has 0 saturated heterocycles. The molecule has 0 fully saturated rings. The number of aromatic nitrogens is 1. The molecule has 0 aliphatic carbocycles. The monoisotopic (exact) mass is 400 g/mol. The van der Waals surface area contributed by atoms with Crippen molar-refractivity contribution < 1.29 is 14.3 Å². The maximum Gasteiger partial charge on any atom is 0.250 e. The van der Waals surface area contributed by atoms with Crippen LogP contribution in [-0.4, -0.2) is 24.7 Å². The van der Waals surface area contributed by atoms with Gasteiger partial charge in [0.15, 0.2) is 11.5 Å². The summed E-state index contributed by atoms with van der Waals surface area (Å²) in [6.07, 6.45) is 0. The van der Waals surface area contributed by atoms with Crippen LogP contribution in [0.5, 0.6) is 11.5 Å². The van der Waals surface area contributed by atoms with Gasteiger partial charge >= 0.3 is 0 Å². The number of primary amides is 1. The number of nitrogens with two attached hydrogens (primary N) is 1. The van der Waals surface area contributed by atoms with Gasteiger partial charge in [-0.05, 0) is 53.1 Å². The van der Waals surface area contributed by atoms with Crippen molar-refractivity contribution >= 4 is 16.7 Å². The van der Waals surface area contributed by atoms with E-state index in [1.807, 2.05) is 43.3 Å². The summed E-state index contributed by atoms with van der Waals surface area (Å²) < 4.78 is 12.9. The first-order valence-electron chi connectivity index (χ1n) is 9.72. The summed E-state index contributed by atoms with van der Waals surface area (Å²) in [5.41, 5.74) is 10.0. The second-order valence-corrected chi connectivity index (χ2v) is 7.23. The van der Waals surface area contributed by atoms with Crippen molar-refractivity contribution in [2.45, 2.75) is 13.5 Å². The van der Waals surface area contributed by atoms with Crippen molar-refractivity contribution in [2.24, 2.45) is 5.73 Å². The molecular formula is C25H24N2O3. The number of nitrogens with zero attached hydrogens (tertiary/aromatic N) is 1. The number of ether oxygens (including phenoxy) is 2. The lowest BCUT2D eigenvalue weighted by Gasteiger charge is -2.15. The Balaban J connectivity index is 1.83. The molecule has 0 radical (unpaired) electrons. The van der Waals surface area contributed by atoms with Crippen LogP contribution in [0.4, 0.5) is 0 Å². The molecule has 4 aromatic rings. The Labute approximate surface area is 175 Å². The number of hydrogen-bond acceptors (Lipinski definition) is 3. The van der Waals surface area contributed by atoms with Gasteiger partial charge in [0.25, 0.3) is 5.91 Å². The third-order valence-electron chi connectivity index (χ3n) is 5.47. The van der Waals surface area contributed by atoms with Crippen LogP contribution in [0.25, 0.3) is 22.0 Å². The molecule has 1 aromatic heterocycles. The van der Waals surface area contributed by atoms with Crippen molar-refractivity contribution in [3.8, 4) is 22.8 Å². The van der Waals surface area contributed by atoms with E-state index < -0.39 is 5.91 Å². The predicted molar refractivity (Wildman–Crippen MR) is 119 cm³/mol. The number of methoxy groups -OCH3 is 2. The second kappa shape index (κ2) is 7.95. The summed E-state index contributed by atoms with van der Waals surface area (Å²) in [6.45, 7) is 2.49. The fraction of sp³-hybridized carbons (Fsp3) is 0.160. The van der Waals surface area contributed by atoms with Gasteiger partial charge in [-0.15, -0.1) is 0 Å². The highest BCUT2D eigenvalue weighted by molar-refractivity contribution is 5.96. The first-order chi connectivity index (χ1) is 14.5. The van der Waals surface area contributed by atoms with Crippen molar-refractivity contribution in [3.63, 3.8) is 0 Å². The predicted octanol–water partition coefficient (Wildman–Crippen LogP) is 4.78. The van der Waals surface area contributed by atoms with Crippen molar-refractivity contribution in [3.05, 3.63) is 83.6 Å². The molecule has 152 valence electrons. The molecule has 3 aromatic carbocycles. The van der Waals surface area contributed by atoms with Crippen LogP contribution >= 0.6 is 0 Å². The van der Waals surface area contributed by atoms with Gasteiger partial charge in [0.05, 0.1) is 19.8 Å². The van der Waals surface area contributed by atoms with Gasteiger partial charge in [-0.3, -0.25) is 4.79 Å². The molecular weight excluding hydrogens is 376 g/mol. The van der Waals surface area contributed by atoms with E-state index in [-0.39, 0.29) is 0 Å². The van der Waals surface area contributed by atoms with Crippen LogP contribution in [-0.2, 0) is 6.54 Å². The molecule has 5 heteroatoms. The van der Waals surface area contributed by atoms with Crippen LogP contribution in [0.2, 0.25) is 0 Å². The van der Waals surface area contributed by atoms with Crippen LogP contribution < -0.4 is 15.2 Å². The fourth-order valence-corrected chi connectivity index (χ4v) is 3.85. The van der Waals surface area contributed by atoms with E-state index in [1.54, 1.807) is 14.2 Å². The Morgan fingerprint density at radius 1 is 0.900 bits per heavy atom. The number of hydrogen-bond donors (Lipinski definition) is 1. The summed E-state index contributed by atoms with van der Waals surface area (Å²) >= 11 is 0. The molecule has 0 atom stereocenters. The van der Waals surface area contributed by atoms with Gasteiger partial charge in [-0.25, -0.2) is 0 Å². The highest BCUT2D eigenvalue weighted by atomic mass is 16.5. The molecule has 30 heavy (non-hydrogen) atoms. The van der Waals surface area contributed by atoms with Crippen molar-refractivity contribution in [2.75, 3.05) is 14.2 Å². The topological polar surface area (TPSA) is 66.5 Å². The van der Waals surface area contributed by atoms with Crippen molar-refractivity contribution in [1.29, 1.82) is 0 Å². The van der Waals surface area contributed by atoms with Crippen LogP contribution in [0.3, 0.4) is 0 Å². The molecule has 0 bridgehead atoms. The first kappa shape index (κ1) is 19.6. The van der Waals surface area contributed by atoms with Gasteiger partial charge in [0.2, 0.25) is 0 Å². The minimum atomic E-state index is -0.430. The number of carbonyl (C=O) groups excluding carboxylic acids is 1. The lowest BCUT2D eigenvalue weighted by Crippen LogP contribution is -2.12. The summed E-state index contributed by atoms with van der Waals surface area (Å²) in [5, 5.41) is 2.32. The van der Waals surface area contributed by atoms with Crippen molar-refractivity contribution in [1.82, 2.24) is 4.57 Å². The Bertz CT molecular complexity index is 1240. The molecule has 0 spiro atoms. The molecule has 1 amide bonds. The highest BCUT2D eigenvalue weighted by Crippen LogP contribution is 2.32. The molecule has 2 N–H and O–H groups in total. The molecule has 5 nitrogen and oxygen atoms in total. The number of carbonyl (C=O) groups is 1. The van der Waals surface area contributed by atoms with Gasteiger partial charge in [0.1, 0.15) is 0 Å². The third kappa shape index (κ3) is 3.50. The number of rotatable bonds is 6.